The van der Waals surface area contributed by atoms with Gasteiger partial charge >= 0.3 is 0 Å². The molecule has 19 heavy (non-hydrogen) atoms. The Morgan fingerprint density at radius 2 is 1.84 bits per heavy atom. The Morgan fingerprint density at radius 3 is 2.37 bits per heavy atom. The van der Waals surface area contributed by atoms with E-state index in [1.54, 1.807) is 0 Å². The summed E-state index contributed by atoms with van der Waals surface area (Å²) in [4.78, 5) is 14.8. The summed E-state index contributed by atoms with van der Waals surface area (Å²) in [6.07, 6.45) is 2.00. The Kier molecular flexibility index (Phi) is 3.44. The lowest BCUT2D eigenvalue weighted by Gasteiger charge is -2.32. The normalized spacial score (nSPS) is 21.6. The van der Waals surface area contributed by atoms with Crippen molar-refractivity contribution in [1.29, 1.82) is 10.5 Å². The van der Waals surface area contributed by atoms with Crippen molar-refractivity contribution in [3.05, 3.63) is 32.7 Å². The van der Waals surface area contributed by atoms with Crippen LogP contribution in [-0.2, 0) is 0 Å². The second kappa shape index (κ2) is 4.90. The van der Waals surface area contributed by atoms with Crippen molar-refractivity contribution in [2.45, 2.75) is 45.4 Å². The maximum atomic E-state index is 11.9. The number of H-pyrrole nitrogens is 1. The molecule has 0 amide bonds. The molecule has 0 aromatic carbocycles. The molecule has 2 rings (SSSR count). The molecular weight excluding hydrogens is 238 g/mol. The highest BCUT2D eigenvalue weighted by molar-refractivity contribution is 5.53. The van der Waals surface area contributed by atoms with Gasteiger partial charge < -0.3 is 4.98 Å². The zero-order valence-electron chi connectivity index (χ0n) is 11.4. The number of aromatic amines is 1. The van der Waals surface area contributed by atoms with Crippen LogP contribution in [0.3, 0.4) is 0 Å². The number of nitriles is 2. The van der Waals surface area contributed by atoms with Gasteiger partial charge in [0, 0.05) is 11.6 Å². The Morgan fingerprint density at radius 1 is 1.21 bits per heavy atom. The van der Waals surface area contributed by atoms with Gasteiger partial charge in [-0.05, 0) is 30.2 Å². The third-order valence-electron chi connectivity index (χ3n) is 4.09. The molecule has 1 aromatic rings. The smallest absolute Gasteiger partial charge is 0.267 e. The van der Waals surface area contributed by atoms with Crippen LogP contribution in [0.2, 0.25) is 0 Å². The highest BCUT2D eigenvalue weighted by Crippen LogP contribution is 2.42. The SMILES string of the molecule is CC(C)[C@@H]1CC[C@@H](C)c2c1[nH]c(=O)c(C#N)c2C#N. The minimum Gasteiger partial charge on any atom is -0.324 e. The van der Waals surface area contributed by atoms with Crippen LogP contribution in [0.15, 0.2) is 4.79 Å². The predicted octanol–water partition coefficient (Wildman–Crippen LogP) is 2.76. The average molecular weight is 255 g/mol. The third-order valence-corrected chi connectivity index (χ3v) is 4.09. The van der Waals surface area contributed by atoms with E-state index in [0.29, 0.717) is 5.92 Å². The van der Waals surface area contributed by atoms with Crippen LogP contribution in [-0.4, -0.2) is 4.98 Å². The van der Waals surface area contributed by atoms with E-state index in [-0.39, 0.29) is 23.0 Å². The van der Waals surface area contributed by atoms with Gasteiger partial charge in [0.25, 0.3) is 5.56 Å². The van der Waals surface area contributed by atoms with Gasteiger partial charge in [-0.1, -0.05) is 20.8 Å². The maximum Gasteiger partial charge on any atom is 0.267 e. The summed E-state index contributed by atoms with van der Waals surface area (Å²) in [5.41, 5.74) is 1.55. The van der Waals surface area contributed by atoms with Crippen molar-refractivity contribution >= 4 is 0 Å². The van der Waals surface area contributed by atoms with Gasteiger partial charge in [0.1, 0.15) is 17.7 Å². The van der Waals surface area contributed by atoms with E-state index >= 15 is 0 Å². The molecule has 1 N–H and O–H groups in total. The van der Waals surface area contributed by atoms with Crippen molar-refractivity contribution < 1.29 is 0 Å². The van der Waals surface area contributed by atoms with Gasteiger partial charge in [-0.25, -0.2) is 0 Å². The number of hydrogen-bond acceptors (Lipinski definition) is 3. The summed E-state index contributed by atoms with van der Waals surface area (Å²) >= 11 is 0. The molecule has 0 saturated heterocycles. The summed E-state index contributed by atoms with van der Waals surface area (Å²) in [5, 5.41) is 18.4. The molecule has 98 valence electrons. The molecule has 1 aliphatic carbocycles. The van der Waals surface area contributed by atoms with E-state index in [4.69, 9.17) is 5.26 Å². The molecule has 1 aliphatic rings. The number of nitrogens with zero attached hydrogens (tertiary/aromatic N) is 2. The van der Waals surface area contributed by atoms with E-state index in [1.165, 1.54) is 0 Å². The Bertz CT molecular complexity index is 643. The molecule has 0 unspecified atom stereocenters. The summed E-state index contributed by atoms with van der Waals surface area (Å²) in [6, 6.07) is 3.93. The third kappa shape index (κ3) is 2.04. The first-order valence-corrected chi connectivity index (χ1v) is 6.61. The molecule has 1 aromatic heterocycles. The molecule has 0 aliphatic heterocycles. The Labute approximate surface area is 112 Å². The molecular formula is C15H17N3O. The fourth-order valence-electron chi connectivity index (χ4n) is 3.05. The van der Waals surface area contributed by atoms with Crippen molar-refractivity contribution in [2.75, 3.05) is 0 Å². The van der Waals surface area contributed by atoms with Crippen molar-refractivity contribution in [1.82, 2.24) is 4.98 Å². The topological polar surface area (TPSA) is 80.4 Å². The summed E-state index contributed by atoms with van der Waals surface area (Å²) in [5.74, 6) is 0.878. The van der Waals surface area contributed by atoms with Gasteiger partial charge in [0.2, 0.25) is 0 Å². The first-order valence-electron chi connectivity index (χ1n) is 6.61. The van der Waals surface area contributed by atoms with Crippen molar-refractivity contribution in [2.24, 2.45) is 5.92 Å². The first kappa shape index (κ1) is 13.4. The zero-order chi connectivity index (χ0) is 14.2. The van der Waals surface area contributed by atoms with Gasteiger partial charge in [0.05, 0.1) is 5.56 Å². The quantitative estimate of drug-likeness (QED) is 0.837. The molecule has 4 heteroatoms. The van der Waals surface area contributed by atoms with Crippen LogP contribution < -0.4 is 5.56 Å². The predicted molar refractivity (Wildman–Crippen MR) is 71.7 cm³/mol. The largest absolute Gasteiger partial charge is 0.324 e. The van der Waals surface area contributed by atoms with Crippen molar-refractivity contribution in [3.63, 3.8) is 0 Å². The van der Waals surface area contributed by atoms with E-state index in [1.807, 2.05) is 6.07 Å². The summed E-state index contributed by atoms with van der Waals surface area (Å²) in [7, 11) is 0. The zero-order valence-corrected chi connectivity index (χ0v) is 11.4. The minimum absolute atomic E-state index is 0.0440. The Hall–Kier alpha value is -2.07. The molecule has 0 spiro atoms. The van der Waals surface area contributed by atoms with Crippen LogP contribution in [0.5, 0.6) is 0 Å². The van der Waals surface area contributed by atoms with Gasteiger partial charge in [-0.2, -0.15) is 10.5 Å². The van der Waals surface area contributed by atoms with E-state index < -0.39 is 5.56 Å². The standard InChI is InChI=1S/C15H17N3O/c1-8(2)10-5-4-9(3)13-11(6-16)12(7-17)15(19)18-14(10)13/h8-10H,4-5H2,1-3H3,(H,18,19)/t9-,10+/m1/s1. The highest BCUT2D eigenvalue weighted by Gasteiger charge is 2.31. The number of hydrogen-bond donors (Lipinski definition) is 1. The number of fused-ring (bicyclic) bond motifs is 1. The molecule has 1 heterocycles. The molecule has 0 fully saturated rings. The number of aromatic nitrogens is 1. The molecule has 2 atom stereocenters. The maximum absolute atomic E-state index is 11.9. The Balaban J connectivity index is 2.81. The monoisotopic (exact) mass is 255 g/mol. The second-order valence-corrected chi connectivity index (χ2v) is 5.58. The molecule has 0 saturated carbocycles. The van der Waals surface area contributed by atoms with Gasteiger partial charge in [0.15, 0.2) is 0 Å². The van der Waals surface area contributed by atoms with Crippen LogP contribution in [0.25, 0.3) is 0 Å². The number of nitrogens with one attached hydrogen (secondary N) is 1. The van der Waals surface area contributed by atoms with E-state index in [9.17, 15) is 10.1 Å². The highest BCUT2D eigenvalue weighted by atomic mass is 16.1. The second-order valence-electron chi connectivity index (χ2n) is 5.58. The lowest BCUT2D eigenvalue weighted by atomic mass is 9.74. The molecule has 4 nitrogen and oxygen atoms in total. The van der Waals surface area contributed by atoms with E-state index in [2.05, 4.69) is 31.8 Å². The first-order chi connectivity index (χ1) is 9.01. The van der Waals surface area contributed by atoms with Crippen LogP contribution in [0, 0.1) is 28.6 Å². The van der Waals surface area contributed by atoms with Crippen molar-refractivity contribution in [3.8, 4) is 12.1 Å². The lowest BCUT2D eigenvalue weighted by molar-refractivity contribution is 0.399. The average Bonchev–Trinajstić information content (AvgIpc) is 2.37. The molecule has 0 bridgehead atoms. The summed E-state index contributed by atoms with van der Waals surface area (Å²) in [6.45, 7) is 6.29. The number of rotatable bonds is 1. The van der Waals surface area contributed by atoms with E-state index in [0.717, 1.165) is 24.1 Å². The molecule has 0 radical (unpaired) electrons. The van der Waals surface area contributed by atoms with Crippen LogP contribution >= 0.6 is 0 Å². The lowest BCUT2D eigenvalue weighted by Crippen LogP contribution is -2.26. The van der Waals surface area contributed by atoms with Crippen LogP contribution in [0.4, 0.5) is 0 Å². The fourth-order valence-corrected chi connectivity index (χ4v) is 3.05. The number of pyridine rings is 1. The van der Waals surface area contributed by atoms with Crippen LogP contribution in [0.1, 0.15) is 67.8 Å². The summed E-state index contributed by atoms with van der Waals surface area (Å²) < 4.78 is 0. The minimum atomic E-state index is -0.433. The fraction of sp³-hybridized carbons (Fsp3) is 0.533. The van der Waals surface area contributed by atoms with Gasteiger partial charge in [-0.15, -0.1) is 0 Å². The van der Waals surface area contributed by atoms with Gasteiger partial charge in [-0.3, -0.25) is 4.79 Å².